The molecule has 1 aliphatic rings. The zero-order valence-electron chi connectivity index (χ0n) is 10.8. The number of nitrogens with zero attached hydrogens (tertiary/aromatic N) is 1. The Morgan fingerprint density at radius 1 is 1.19 bits per heavy atom. The molecule has 110 valence electrons. The highest BCUT2D eigenvalue weighted by Gasteiger charge is 2.41. The van der Waals surface area contributed by atoms with E-state index in [0.29, 0.717) is 0 Å². The van der Waals surface area contributed by atoms with Crippen LogP contribution in [-0.2, 0) is 10.0 Å². The maximum Gasteiger partial charge on any atom is 0.242 e. The number of rotatable bonds is 4. The molecule has 4 nitrogen and oxygen atoms in total. The zero-order valence-corrected chi connectivity index (χ0v) is 13.2. The highest BCUT2D eigenvalue weighted by atomic mass is 35.5. The molecule has 2 unspecified atom stereocenters. The fourth-order valence-corrected chi connectivity index (χ4v) is 3.81. The average Bonchev–Trinajstić information content (AvgIpc) is 3.21. The van der Waals surface area contributed by atoms with Crippen molar-refractivity contribution in [1.82, 2.24) is 9.71 Å². The van der Waals surface area contributed by atoms with Gasteiger partial charge in [-0.2, -0.15) is 0 Å². The molecule has 2 atom stereocenters. The first-order valence-electron chi connectivity index (χ1n) is 6.36. The van der Waals surface area contributed by atoms with Crippen molar-refractivity contribution >= 4 is 33.2 Å². The first-order chi connectivity index (χ1) is 9.97. The number of sulfonamides is 1. The lowest BCUT2D eigenvalue weighted by molar-refractivity contribution is 0.579. The van der Waals surface area contributed by atoms with E-state index in [1.807, 2.05) is 30.3 Å². The summed E-state index contributed by atoms with van der Waals surface area (Å²) >= 11 is 11.5. The molecule has 21 heavy (non-hydrogen) atoms. The second kappa shape index (κ2) is 5.57. The Hall–Kier alpha value is -1.14. The summed E-state index contributed by atoms with van der Waals surface area (Å²) in [5.41, 5.74) is 1.14. The largest absolute Gasteiger partial charge is 0.242 e. The molecule has 0 saturated heterocycles. The van der Waals surface area contributed by atoms with E-state index < -0.39 is 10.0 Å². The van der Waals surface area contributed by atoms with E-state index in [-0.39, 0.29) is 27.0 Å². The SMILES string of the molecule is O=S(=O)(NC1CC1c1ccccc1)c1cnc(Cl)c(Cl)c1. The van der Waals surface area contributed by atoms with E-state index in [0.717, 1.165) is 12.0 Å². The van der Waals surface area contributed by atoms with Crippen LogP contribution < -0.4 is 4.72 Å². The second-order valence-electron chi connectivity index (χ2n) is 4.92. The predicted octanol–water partition coefficient (Wildman–Crippen LogP) is 3.22. The van der Waals surface area contributed by atoms with E-state index >= 15 is 0 Å². The van der Waals surface area contributed by atoms with Gasteiger partial charge >= 0.3 is 0 Å². The summed E-state index contributed by atoms with van der Waals surface area (Å²) < 4.78 is 27.2. The lowest BCUT2D eigenvalue weighted by atomic mass is 10.1. The Balaban J connectivity index is 1.75. The van der Waals surface area contributed by atoms with Gasteiger partial charge in [0.2, 0.25) is 10.0 Å². The molecule has 0 spiro atoms. The quantitative estimate of drug-likeness (QED) is 0.867. The van der Waals surface area contributed by atoms with Gasteiger partial charge in [0.15, 0.2) is 0 Å². The summed E-state index contributed by atoms with van der Waals surface area (Å²) in [7, 11) is -3.63. The fourth-order valence-electron chi connectivity index (χ4n) is 2.21. The molecule has 7 heteroatoms. The van der Waals surface area contributed by atoms with Gasteiger partial charge in [-0.1, -0.05) is 53.5 Å². The van der Waals surface area contributed by atoms with Gasteiger partial charge in [0.1, 0.15) is 10.0 Å². The van der Waals surface area contributed by atoms with Crippen LogP contribution in [-0.4, -0.2) is 19.4 Å². The molecule has 0 amide bonds. The minimum Gasteiger partial charge on any atom is -0.242 e. The molecule has 1 fully saturated rings. The molecule has 1 aromatic carbocycles. The van der Waals surface area contributed by atoms with Crippen molar-refractivity contribution in [3.63, 3.8) is 0 Å². The monoisotopic (exact) mass is 342 g/mol. The molecule has 0 aliphatic heterocycles. The summed E-state index contributed by atoms with van der Waals surface area (Å²) in [5, 5.41) is 0.208. The lowest BCUT2D eigenvalue weighted by Gasteiger charge is -2.07. The summed E-state index contributed by atoms with van der Waals surface area (Å²) in [5.74, 6) is 0.219. The van der Waals surface area contributed by atoms with Crippen LogP contribution in [0.25, 0.3) is 0 Å². The normalized spacial score (nSPS) is 21.2. The van der Waals surface area contributed by atoms with Crippen molar-refractivity contribution < 1.29 is 8.42 Å². The van der Waals surface area contributed by atoms with Crippen LogP contribution in [0.4, 0.5) is 0 Å². The van der Waals surface area contributed by atoms with Gasteiger partial charge in [0.25, 0.3) is 0 Å². The van der Waals surface area contributed by atoms with Crippen LogP contribution in [0.5, 0.6) is 0 Å². The summed E-state index contributed by atoms with van der Waals surface area (Å²) in [4.78, 5) is 3.79. The van der Waals surface area contributed by atoms with E-state index in [9.17, 15) is 8.42 Å². The molecule has 1 N–H and O–H groups in total. The van der Waals surface area contributed by atoms with Crippen LogP contribution in [0.2, 0.25) is 10.2 Å². The van der Waals surface area contributed by atoms with Gasteiger partial charge in [-0.3, -0.25) is 0 Å². The third kappa shape index (κ3) is 3.21. The number of hydrogen-bond donors (Lipinski definition) is 1. The van der Waals surface area contributed by atoms with E-state index in [4.69, 9.17) is 23.2 Å². The van der Waals surface area contributed by atoms with Crippen molar-refractivity contribution in [3.8, 4) is 0 Å². The van der Waals surface area contributed by atoms with E-state index in [1.54, 1.807) is 0 Å². The number of nitrogens with one attached hydrogen (secondary N) is 1. The van der Waals surface area contributed by atoms with Crippen molar-refractivity contribution in [2.75, 3.05) is 0 Å². The highest BCUT2D eigenvalue weighted by molar-refractivity contribution is 7.89. The number of hydrogen-bond acceptors (Lipinski definition) is 3. The molecule has 1 heterocycles. The molecular formula is C14H12Cl2N2O2S. The topological polar surface area (TPSA) is 59.1 Å². The van der Waals surface area contributed by atoms with Crippen LogP contribution in [0, 0.1) is 0 Å². The van der Waals surface area contributed by atoms with Gasteiger partial charge in [-0.05, 0) is 18.1 Å². The molecule has 0 bridgehead atoms. The van der Waals surface area contributed by atoms with E-state index in [2.05, 4.69) is 9.71 Å². The van der Waals surface area contributed by atoms with Crippen molar-refractivity contribution in [2.45, 2.75) is 23.3 Å². The molecular weight excluding hydrogens is 331 g/mol. The van der Waals surface area contributed by atoms with Gasteiger partial charge < -0.3 is 0 Å². The Kier molecular flexibility index (Phi) is 3.92. The lowest BCUT2D eigenvalue weighted by Crippen LogP contribution is -2.27. The minimum atomic E-state index is -3.63. The van der Waals surface area contributed by atoms with Crippen molar-refractivity contribution in [3.05, 3.63) is 58.3 Å². The van der Waals surface area contributed by atoms with Crippen LogP contribution in [0.1, 0.15) is 17.9 Å². The Labute approximate surface area is 133 Å². The van der Waals surface area contributed by atoms with Crippen LogP contribution in [0.3, 0.4) is 0 Å². The Morgan fingerprint density at radius 2 is 1.90 bits per heavy atom. The van der Waals surface area contributed by atoms with Crippen LogP contribution in [0.15, 0.2) is 47.5 Å². The highest BCUT2D eigenvalue weighted by Crippen LogP contribution is 2.41. The molecule has 3 rings (SSSR count). The van der Waals surface area contributed by atoms with Gasteiger partial charge in [-0.15, -0.1) is 0 Å². The van der Waals surface area contributed by atoms with Gasteiger partial charge in [0, 0.05) is 18.2 Å². The van der Waals surface area contributed by atoms with E-state index in [1.165, 1.54) is 12.3 Å². The molecule has 1 aliphatic carbocycles. The first kappa shape index (κ1) is 14.8. The van der Waals surface area contributed by atoms with Crippen LogP contribution >= 0.6 is 23.2 Å². The van der Waals surface area contributed by atoms with Gasteiger partial charge in [-0.25, -0.2) is 18.1 Å². The maximum absolute atomic E-state index is 12.3. The first-order valence-corrected chi connectivity index (χ1v) is 8.59. The smallest absolute Gasteiger partial charge is 0.242 e. The molecule has 1 aromatic heterocycles. The second-order valence-corrected chi connectivity index (χ2v) is 7.40. The fraction of sp³-hybridized carbons (Fsp3) is 0.214. The Morgan fingerprint density at radius 3 is 2.57 bits per heavy atom. The third-order valence-electron chi connectivity index (χ3n) is 3.41. The minimum absolute atomic E-state index is 0.0237. The third-order valence-corrected chi connectivity index (χ3v) is 5.55. The number of aromatic nitrogens is 1. The van der Waals surface area contributed by atoms with Crippen molar-refractivity contribution in [2.24, 2.45) is 0 Å². The standard InChI is InChI=1S/C14H12Cl2N2O2S/c15-12-6-10(8-17-14(12)16)21(19,20)18-13-7-11(13)9-4-2-1-3-5-9/h1-6,8,11,13,18H,7H2. The Bertz CT molecular complexity index is 766. The summed E-state index contributed by atoms with van der Waals surface area (Å²) in [6, 6.07) is 11.0. The summed E-state index contributed by atoms with van der Waals surface area (Å²) in [6.07, 6.45) is 1.99. The molecule has 1 saturated carbocycles. The summed E-state index contributed by atoms with van der Waals surface area (Å²) in [6.45, 7) is 0. The zero-order chi connectivity index (χ0) is 15.0. The van der Waals surface area contributed by atoms with Crippen molar-refractivity contribution in [1.29, 1.82) is 0 Å². The molecule has 0 radical (unpaired) electrons. The number of pyridine rings is 1. The molecule has 2 aromatic rings. The van der Waals surface area contributed by atoms with Gasteiger partial charge in [0.05, 0.1) is 5.02 Å². The maximum atomic E-state index is 12.3. The number of benzene rings is 1. The average molecular weight is 343 g/mol. The number of halogens is 2. The predicted molar refractivity (Wildman–Crippen MR) is 82.2 cm³/mol.